The second kappa shape index (κ2) is 6.23. The van der Waals surface area contributed by atoms with Crippen LogP contribution in [0, 0.1) is 10.1 Å². The Balaban J connectivity index is 2.00. The molecule has 0 aliphatic carbocycles. The second-order valence-electron chi connectivity index (χ2n) is 3.66. The Morgan fingerprint density at radius 3 is 2.75 bits per heavy atom. The molecule has 0 fully saturated rings. The SMILES string of the molecule is COc1cc(N/N=C/c2ccc([N+](=O)[O-])cc2)ncn1. The summed E-state index contributed by atoms with van der Waals surface area (Å²) in [5.74, 6) is 0.906. The van der Waals surface area contributed by atoms with Gasteiger partial charge in [-0.3, -0.25) is 15.5 Å². The number of ether oxygens (including phenoxy) is 1. The van der Waals surface area contributed by atoms with Gasteiger partial charge < -0.3 is 4.74 Å². The Kier molecular flexibility index (Phi) is 4.17. The molecule has 2 rings (SSSR count). The minimum Gasteiger partial charge on any atom is -0.481 e. The minimum atomic E-state index is -0.452. The first-order valence-corrected chi connectivity index (χ1v) is 5.58. The highest BCUT2D eigenvalue weighted by molar-refractivity contribution is 5.80. The molecule has 0 spiro atoms. The summed E-state index contributed by atoms with van der Waals surface area (Å²) in [7, 11) is 1.51. The van der Waals surface area contributed by atoms with Gasteiger partial charge in [-0.15, -0.1) is 0 Å². The number of nitro benzene ring substituents is 1. The number of non-ortho nitro benzene ring substituents is 1. The van der Waals surface area contributed by atoms with Crippen LogP contribution in [-0.4, -0.2) is 28.2 Å². The first-order chi connectivity index (χ1) is 9.69. The molecule has 0 aliphatic heterocycles. The molecule has 8 nitrogen and oxygen atoms in total. The highest BCUT2D eigenvalue weighted by Crippen LogP contribution is 2.11. The Hall–Kier alpha value is -3.03. The zero-order valence-electron chi connectivity index (χ0n) is 10.6. The fourth-order valence-electron chi connectivity index (χ4n) is 1.37. The first-order valence-electron chi connectivity index (χ1n) is 5.58. The van der Waals surface area contributed by atoms with Crippen LogP contribution in [0.15, 0.2) is 41.8 Å². The number of aromatic nitrogens is 2. The van der Waals surface area contributed by atoms with Gasteiger partial charge in [-0.2, -0.15) is 5.10 Å². The van der Waals surface area contributed by atoms with Crippen molar-refractivity contribution < 1.29 is 9.66 Å². The highest BCUT2D eigenvalue weighted by atomic mass is 16.6. The topological polar surface area (TPSA) is 103 Å². The number of rotatable bonds is 5. The van der Waals surface area contributed by atoms with Gasteiger partial charge in [0.25, 0.3) is 5.69 Å². The largest absolute Gasteiger partial charge is 0.481 e. The number of nitrogens with one attached hydrogen (secondary N) is 1. The lowest BCUT2D eigenvalue weighted by atomic mass is 10.2. The quantitative estimate of drug-likeness (QED) is 0.506. The van der Waals surface area contributed by atoms with E-state index in [0.29, 0.717) is 11.7 Å². The van der Waals surface area contributed by atoms with E-state index < -0.39 is 4.92 Å². The molecule has 1 aromatic carbocycles. The van der Waals surface area contributed by atoms with Crippen LogP contribution in [0.3, 0.4) is 0 Å². The molecule has 0 amide bonds. The summed E-state index contributed by atoms with van der Waals surface area (Å²) < 4.78 is 4.95. The predicted octanol–water partition coefficient (Wildman–Crippen LogP) is 1.84. The van der Waals surface area contributed by atoms with E-state index in [-0.39, 0.29) is 5.69 Å². The molecule has 0 saturated carbocycles. The van der Waals surface area contributed by atoms with E-state index >= 15 is 0 Å². The van der Waals surface area contributed by atoms with Crippen molar-refractivity contribution in [3.05, 3.63) is 52.3 Å². The Morgan fingerprint density at radius 1 is 1.35 bits per heavy atom. The number of hydrogen-bond donors (Lipinski definition) is 1. The third kappa shape index (κ3) is 3.48. The van der Waals surface area contributed by atoms with Gasteiger partial charge in [0.15, 0.2) is 5.82 Å². The highest BCUT2D eigenvalue weighted by Gasteiger charge is 2.02. The fraction of sp³-hybridized carbons (Fsp3) is 0.0833. The van der Waals surface area contributed by atoms with Gasteiger partial charge >= 0.3 is 0 Å². The van der Waals surface area contributed by atoms with Gasteiger partial charge in [0.2, 0.25) is 5.88 Å². The zero-order chi connectivity index (χ0) is 14.4. The van der Waals surface area contributed by atoms with Gasteiger partial charge in [0.1, 0.15) is 6.33 Å². The van der Waals surface area contributed by atoms with Crippen molar-refractivity contribution in [2.75, 3.05) is 12.5 Å². The smallest absolute Gasteiger partial charge is 0.269 e. The normalized spacial score (nSPS) is 10.4. The van der Waals surface area contributed by atoms with Crippen LogP contribution in [0.1, 0.15) is 5.56 Å². The lowest BCUT2D eigenvalue weighted by Gasteiger charge is -2.01. The fourth-order valence-corrected chi connectivity index (χ4v) is 1.37. The molecule has 0 unspecified atom stereocenters. The molecule has 2 aromatic rings. The van der Waals surface area contributed by atoms with Gasteiger partial charge in [-0.05, 0) is 17.7 Å². The Morgan fingerprint density at radius 2 is 2.10 bits per heavy atom. The van der Waals surface area contributed by atoms with Gasteiger partial charge in [-0.25, -0.2) is 9.97 Å². The lowest BCUT2D eigenvalue weighted by molar-refractivity contribution is -0.384. The molecule has 8 heteroatoms. The van der Waals surface area contributed by atoms with Gasteiger partial charge in [0, 0.05) is 18.2 Å². The molecule has 1 N–H and O–H groups in total. The van der Waals surface area contributed by atoms with Crippen LogP contribution < -0.4 is 10.2 Å². The number of hydrazone groups is 1. The van der Waals surface area contributed by atoms with Crippen molar-refractivity contribution in [3.8, 4) is 5.88 Å². The average molecular weight is 273 g/mol. The molecule has 20 heavy (non-hydrogen) atoms. The standard InChI is InChI=1S/C12H11N5O3/c1-20-12-6-11(13-8-14-12)16-15-7-9-2-4-10(5-3-9)17(18)19/h2-8H,1H3,(H,13,14,16)/b15-7+. The second-order valence-corrected chi connectivity index (χ2v) is 3.66. The van der Waals surface area contributed by atoms with E-state index in [9.17, 15) is 10.1 Å². The third-order valence-electron chi connectivity index (χ3n) is 2.35. The van der Waals surface area contributed by atoms with Crippen LogP contribution in [0.5, 0.6) is 5.88 Å². The number of anilines is 1. The number of methoxy groups -OCH3 is 1. The molecule has 1 heterocycles. The number of benzene rings is 1. The van der Waals surface area contributed by atoms with Crippen LogP contribution >= 0.6 is 0 Å². The summed E-state index contributed by atoms with van der Waals surface area (Å²) in [5.41, 5.74) is 3.47. The van der Waals surface area contributed by atoms with E-state index in [0.717, 1.165) is 5.56 Å². The summed E-state index contributed by atoms with van der Waals surface area (Å²) in [6.07, 6.45) is 2.88. The van der Waals surface area contributed by atoms with Crippen LogP contribution in [-0.2, 0) is 0 Å². The maximum Gasteiger partial charge on any atom is 0.269 e. The van der Waals surface area contributed by atoms with E-state index in [1.165, 1.54) is 31.8 Å². The van der Waals surface area contributed by atoms with E-state index in [1.807, 2.05) is 0 Å². The van der Waals surface area contributed by atoms with Gasteiger partial charge in [0.05, 0.1) is 18.2 Å². The van der Waals surface area contributed by atoms with Crippen LogP contribution in [0.25, 0.3) is 0 Å². The molecule has 0 atom stereocenters. The molecule has 0 saturated heterocycles. The predicted molar refractivity (Wildman–Crippen MR) is 72.9 cm³/mol. The maximum atomic E-state index is 10.5. The Bertz CT molecular complexity index is 627. The summed E-state index contributed by atoms with van der Waals surface area (Å²) in [4.78, 5) is 17.9. The van der Waals surface area contributed by atoms with Crippen LogP contribution in [0.2, 0.25) is 0 Å². The molecule has 0 bridgehead atoms. The summed E-state index contributed by atoms with van der Waals surface area (Å²) in [5, 5.41) is 14.5. The van der Waals surface area contributed by atoms with E-state index in [4.69, 9.17) is 4.74 Å². The number of nitrogens with zero attached hydrogens (tertiary/aromatic N) is 4. The molecular weight excluding hydrogens is 262 g/mol. The molecular formula is C12H11N5O3. The van der Waals surface area contributed by atoms with E-state index in [1.54, 1.807) is 18.2 Å². The molecule has 1 aromatic heterocycles. The molecule has 0 aliphatic rings. The summed E-state index contributed by atoms with van der Waals surface area (Å²) in [6.45, 7) is 0. The number of hydrogen-bond acceptors (Lipinski definition) is 7. The zero-order valence-corrected chi connectivity index (χ0v) is 10.6. The maximum absolute atomic E-state index is 10.5. The van der Waals surface area contributed by atoms with Crippen molar-refractivity contribution in [1.29, 1.82) is 0 Å². The summed E-state index contributed by atoms with van der Waals surface area (Å²) in [6, 6.07) is 7.62. The Labute approximate surface area is 114 Å². The van der Waals surface area contributed by atoms with Gasteiger partial charge in [-0.1, -0.05) is 0 Å². The minimum absolute atomic E-state index is 0.0376. The van der Waals surface area contributed by atoms with Crippen LogP contribution in [0.4, 0.5) is 11.5 Å². The van der Waals surface area contributed by atoms with Crippen molar-refractivity contribution in [3.63, 3.8) is 0 Å². The van der Waals surface area contributed by atoms with Crippen molar-refractivity contribution in [2.45, 2.75) is 0 Å². The lowest BCUT2D eigenvalue weighted by Crippen LogP contribution is -1.96. The monoisotopic (exact) mass is 273 g/mol. The van der Waals surface area contributed by atoms with E-state index in [2.05, 4.69) is 20.5 Å². The van der Waals surface area contributed by atoms with Crippen molar-refractivity contribution >= 4 is 17.7 Å². The molecule has 0 radical (unpaired) electrons. The molecule has 102 valence electrons. The van der Waals surface area contributed by atoms with Crippen molar-refractivity contribution in [2.24, 2.45) is 5.10 Å². The average Bonchev–Trinajstić information content (AvgIpc) is 2.48. The third-order valence-corrected chi connectivity index (χ3v) is 2.35. The number of nitro groups is 1. The van der Waals surface area contributed by atoms with Crippen molar-refractivity contribution in [1.82, 2.24) is 9.97 Å². The summed E-state index contributed by atoms with van der Waals surface area (Å²) >= 11 is 0. The first kappa shape index (κ1) is 13.4.